The zero-order valence-electron chi connectivity index (χ0n) is 17.7. The van der Waals surface area contributed by atoms with Crippen LogP contribution in [0.25, 0.3) is 32.8 Å². The summed E-state index contributed by atoms with van der Waals surface area (Å²) in [7, 11) is 0. The van der Waals surface area contributed by atoms with Crippen molar-refractivity contribution >= 4 is 50.1 Å². The maximum Gasteiger partial charge on any atom is 0.0988 e. The molecule has 0 aliphatic carbocycles. The second kappa shape index (κ2) is 7.97. The highest BCUT2D eigenvalue weighted by Gasteiger charge is 2.24. The van der Waals surface area contributed by atoms with Gasteiger partial charge in [-0.05, 0) is 37.1 Å². The van der Waals surface area contributed by atoms with Crippen LogP contribution in [0.5, 0.6) is 0 Å². The van der Waals surface area contributed by atoms with Gasteiger partial charge < -0.3 is 14.2 Å². The van der Waals surface area contributed by atoms with Gasteiger partial charge in [0.25, 0.3) is 0 Å². The molecule has 0 bridgehead atoms. The van der Waals surface area contributed by atoms with Crippen molar-refractivity contribution in [3.05, 3.63) is 47.5 Å². The molecule has 0 saturated carbocycles. The predicted octanol–water partition coefficient (Wildman–Crippen LogP) is 4.93. The molecule has 4 heterocycles. The second-order valence-electron chi connectivity index (χ2n) is 8.64. The number of morpholine rings is 1. The van der Waals surface area contributed by atoms with Crippen LogP contribution >= 0.6 is 11.6 Å². The van der Waals surface area contributed by atoms with Gasteiger partial charge in [-0.3, -0.25) is 4.90 Å². The topological polar surface area (TPSA) is 33.5 Å². The van der Waals surface area contributed by atoms with E-state index in [0.717, 1.165) is 86.8 Å². The molecule has 2 aliphatic heterocycles. The number of pyridine rings is 1. The number of para-hydroxylation sites is 1. The lowest BCUT2D eigenvalue weighted by molar-refractivity contribution is 0.0376. The summed E-state index contributed by atoms with van der Waals surface area (Å²) in [4.78, 5) is 10.2. The number of anilines is 1. The van der Waals surface area contributed by atoms with Crippen LogP contribution in [-0.2, 0) is 11.3 Å². The van der Waals surface area contributed by atoms with Gasteiger partial charge in [-0.1, -0.05) is 29.8 Å². The first kappa shape index (κ1) is 19.4. The van der Waals surface area contributed by atoms with Crippen LogP contribution in [0.3, 0.4) is 0 Å². The fourth-order valence-corrected chi connectivity index (χ4v) is 5.47. The fraction of sp³-hybridized carbons (Fsp3) is 0.400. The Bertz CT molecular complexity index is 1260. The Labute approximate surface area is 187 Å². The third kappa shape index (κ3) is 3.36. The molecule has 2 aromatic heterocycles. The molecule has 0 N–H and O–H groups in total. The second-order valence-corrected chi connectivity index (χ2v) is 9.07. The SMILES string of the molecule is Clc1ccc2nc3c4ccccc4n4c3c(c2c1)N(CCCN1CCOCC1)CCC4. The molecule has 0 radical (unpaired) electrons. The number of benzene rings is 2. The molecule has 2 aromatic carbocycles. The van der Waals surface area contributed by atoms with Crippen molar-refractivity contribution in [2.75, 3.05) is 50.8 Å². The van der Waals surface area contributed by atoms with E-state index >= 15 is 0 Å². The first-order valence-corrected chi connectivity index (χ1v) is 11.7. The summed E-state index contributed by atoms with van der Waals surface area (Å²) in [5.74, 6) is 0. The molecule has 5 nitrogen and oxygen atoms in total. The van der Waals surface area contributed by atoms with Crippen LogP contribution in [-0.4, -0.2) is 60.4 Å². The minimum Gasteiger partial charge on any atom is -0.379 e. The Morgan fingerprint density at radius 3 is 2.71 bits per heavy atom. The van der Waals surface area contributed by atoms with Crippen molar-refractivity contribution in [3.63, 3.8) is 0 Å². The smallest absolute Gasteiger partial charge is 0.0988 e. The highest BCUT2D eigenvalue weighted by atomic mass is 35.5. The van der Waals surface area contributed by atoms with E-state index in [9.17, 15) is 0 Å². The molecule has 1 saturated heterocycles. The Morgan fingerprint density at radius 1 is 0.935 bits per heavy atom. The van der Waals surface area contributed by atoms with Crippen LogP contribution in [0, 0.1) is 0 Å². The molecular weight excluding hydrogens is 408 g/mol. The number of fused-ring (bicyclic) bond motifs is 5. The summed E-state index contributed by atoms with van der Waals surface area (Å²) in [6.45, 7) is 8.05. The Kier molecular flexibility index (Phi) is 4.98. The van der Waals surface area contributed by atoms with Crippen LogP contribution in [0.15, 0.2) is 42.5 Å². The van der Waals surface area contributed by atoms with Crippen LogP contribution < -0.4 is 4.90 Å². The summed E-state index contributed by atoms with van der Waals surface area (Å²) < 4.78 is 7.99. The third-order valence-corrected chi connectivity index (χ3v) is 6.98. The van der Waals surface area contributed by atoms with Gasteiger partial charge in [-0.25, -0.2) is 4.98 Å². The first-order chi connectivity index (χ1) is 15.3. The largest absolute Gasteiger partial charge is 0.379 e. The minimum absolute atomic E-state index is 0.769. The van der Waals surface area contributed by atoms with Gasteiger partial charge in [0.05, 0.1) is 41.0 Å². The van der Waals surface area contributed by atoms with Crippen LogP contribution in [0.2, 0.25) is 5.02 Å². The van der Waals surface area contributed by atoms with Crippen molar-refractivity contribution in [3.8, 4) is 0 Å². The summed E-state index contributed by atoms with van der Waals surface area (Å²) >= 11 is 6.46. The molecule has 2 aliphatic rings. The van der Waals surface area contributed by atoms with Gasteiger partial charge in [0, 0.05) is 55.1 Å². The molecule has 0 atom stereocenters. The lowest BCUT2D eigenvalue weighted by atomic mass is 10.1. The quantitative estimate of drug-likeness (QED) is 0.456. The van der Waals surface area contributed by atoms with Crippen molar-refractivity contribution in [2.45, 2.75) is 19.4 Å². The highest BCUT2D eigenvalue weighted by molar-refractivity contribution is 6.31. The summed E-state index contributed by atoms with van der Waals surface area (Å²) in [5, 5.41) is 3.17. The van der Waals surface area contributed by atoms with E-state index in [4.69, 9.17) is 21.3 Å². The van der Waals surface area contributed by atoms with E-state index < -0.39 is 0 Å². The molecule has 0 spiro atoms. The number of hydrogen-bond acceptors (Lipinski definition) is 4. The van der Waals surface area contributed by atoms with E-state index in [1.807, 2.05) is 6.07 Å². The highest BCUT2D eigenvalue weighted by Crippen LogP contribution is 2.41. The van der Waals surface area contributed by atoms with Gasteiger partial charge in [-0.15, -0.1) is 0 Å². The molecule has 160 valence electrons. The van der Waals surface area contributed by atoms with Gasteiger partial charge >= 0.3 is 0 Å². The van der Waals surface area contributed by atoms with Gasteiger partial charge in [-0.2, -0.15) is 0 Å². The van der Waals surface area contributed by atoms with Gasteiger partial charge in [0.2, 0.25) is 0 Å². The van der Waals surface area contributed by atoms with Gasteiger partial charge in [0.15, 0.2) is 0 Å². The van der Waals surface area contributed by atoms with E-state index in [1.54, 1.807) is 0 Å². The third-order valence-electron chi connectivity index (χ3n) is 6.75. The maximum absolute atomic E-state index is 6.46. The monoisotopic (exact) mass is 434 g/mol. The Morgan fingerprint density at radius 2 is 1.81 bits per heavy atom. The van der Waals surface area contributed by atoms with Gasteiger partial charge in [0.1, 0.15) is 0 Å². The number of nitrogens with zero attached hydrogens (tertiary/aromatic N) is 4. The van der Waals surface area contributed by atoms with Crippen molar-refractivity contribution in [1.82, 2.24) is 14.5 Å². The number of rotatable bonds is 4. The molecule has 1 fully saturated rings. The van der Waals surface area contributed by atoms with E-state index in [0.29, 0.717) is 0 Å². The lowest BCUT2D eigenvalue weighted by Crippen LogP contribution is -2.38. The summed E-state index contributed by atoms with van der Waals surface area (Å²) in [5.41, 5.74) is 5.98. The normalized spacial score (nSPS) is 17.6. The molecule has 6 heteroatoms. The predicted molar refractivity (Wildman–Crippen MR) is 128 cm³/mol. The van der Waals surface area contributed by atoms with Crippen molar-refractivity contribution in [1.29, 1.82) is 0 Å². The zero-order chi connectivity index (χ0) is 20.8. The summed E-state index contributed by atoms with van der Waals surface area (Å²) in [6.07, 6.45) is 2.27. The Hall–Kier alpha value is -2.34. The molecule has 0 amide bonds. The molecular formula is C25H27ClN4O. The first-order valence-electron chi connectivity index (χ1n) is 11.3. The number of aryl methyl sites for hydroxylation is 1. The minimum atomic E-state index is 0.769. The van der Waals surface area contributed by atoms with Crippen LogP contribution in [0.4, 0.5) is 5.69 Å². The Balaban J connectivity index is 1.48. The summed E-state index contributed by atoms with van der Waals surface area (Å²) in [6, 6.07) is 14.8. The molecule has 6 rings (SSSR count). The number of hydrogen-bond donors (Lipinski definition) is 0. The van der Waals surface area contributed by atoms with E-state index in [2.05, 4.69) is 50.8 Å². The average molecular weight is 435 g/mol. The molecule has 31 heavy (non-hydrogen) atoms. The van der Waals surface area contributed by atoms with E-state index in [1.165, 1.54) is 22.1 Å². The maximum atomic E-state index is 6.46. The fourth-order valence-electron chi connectivity index (χ4n) is 5.30. The lowest BCUT2D eigenvalue weighted by Gasteiger charge is -2.29. The number of halogens is 1. The van der Waals surface area contributed by atoms with Crippen molar-refractivity contribution in [2.24, 2.45) is 0 Å². The average Bonchev–Trinajstić information content (AvgIpc) is 2.97. The number of ether oxygens (including phenoxy) is 1. The molecule has 4 aromatic rings. The van der Waals surface area contributed by atoms with Crippen LogP contribution in [0.1, 0.15) is 12.8 Å². The number of aromatic nitrogens is 2. The van der Waals surface area contributed by atoms with E-state index in [-0.39, 0.29) is 0 Å². The molecule has 0 unspecified atom stereocenters. The zero-order valence-corrected chi connectivity index (χ0v) is 18.4. The van der Waals surface area contributed by atoms with Crippen molar-refractivity contribution < 1.29 is 4.74 Å². The standard InChI is InChI=1S/C25H27ClN4O/c26-18-7-8-21-20(17-18)24-25-23(27-21)19-5-1-2-6-22(19)30(25)12-4-11-29(24)10-3-9-28-13-15-31-16-14-28/h1-2,5-8,17H,3-4,9-16H2.